The van der Waals surface area contributed by atoms with Crippen molar-refractivity contribution in [1.82, 2.24) is 0 Å². The van der Waals surface area contributed by atoms with Crippen molar-refractivity contribution in [3.63, 3.8) is 0 Å². The number of ether oxygens (including phenoxy) is 4. The monoisotopic (exact) mass is 220 g/mol. The fourth-order valence-corrected chi connectivity index (χ4v) is 1.39. The first-order chi connectivity index (χ1) is 7.35. The Morgan fingerprint density at radius 2 is 1.33 bits per heavy atom. The molecule has 0 fully saturated rings. The summed E-state index contributed by atoms with van der Waals surface area (Å²) in [5.74, 6) is 0. The molecule has 0 saturated carbocycles. The van der Waals surface area contributed by atoms with Gasteiger partial charge in [0.15, 0.2) is 0 Å². The molecule has 0 heterocycles. The quantitative estimate of drug-likeness (QED) is 0.393. The Balaban J connectivity index is 3.53. The van der Waals surface area contributed by atoms with E-state index in [-0.39, 0.29) is 6.10 Å². The summed E-state index contributed by atoms with van der Waals surface area (Å²) in [6.07, 6.45) is 4.34. The summed E-state index contributed by atoms with van der Waals surface area (Å²) < 4.78 is 20.5. The fourth-order valence-electron chi connectivity index (χ4n) is 1.39. The van der Waals surface area contributed by atoms with Crippen LogP contribution < -0.4 is 0 Å². The first kappa shape index (κ1) is 14.8. The van der Waals surface area contributed by atoms with Crippen LogP contribution in [-0.2, 0) is 18.9 Å². The van der Waals surface area contributed by atoms with Crippen LogP contribution >= 0.6 is 0 Å². The third-order valence-corrected chi connectivity index (χ3v) is 2.17. The van der Waals surface area contributed by atoms with Crippen molar-refractivity contribution in [2.45, 2.75) is 31.8 Å². The molecule has 0 aliphatic rings. The largest absolute Gasteiger partial charge is 0.385 e. The molecule has 0 aromatic carbocycles. The van der Waals surface area contributed by atoms with E-state index in [1.807, 2.05) is 0 Å². The minimum Gasteiger partial charge on any atom is -0.385 e. The van der Waals surface area contributed by atoms with Crippen LogP contribution in [0.15, 0.2) is 0 Å². The van der Waals surface area contributed by atoms with Gasteiger partial charge in [-0.1, -0.05) is 0 Å². The van der Waals surface area contributed by atoms with Crippen LogP contribution in [0.5, 0.6) is 0 Å². The molecule has 0 amide bonds. The minimum absolute atomic E-state index is 0.259. The average Bonchev–Trinajstić information content (AvgIpc) is 2.25. The zero-order valence-electron chi connectivity index (χ0n) is 10.2. The Morgan fingerprint density at radius 1 is 0.800 bits per heavy atom. The maximum Gasteiger partial charge on any atom is 0.146 e. The van der Waals surface area contributed by atoms with E-state index in [1.165, 1.54) is 0 Å². The molecule has 4 heteroatoms. The highest BCUT2D eigenvalue weighted by Gasteiger charge is 2.08. The van der Waals surface area contributed by atoms with E-state index in [4.69, 9.17) is 18.9 Å². The first-order valence-electron chi connectivity index (χ1n) is 5.43. The van der Waals surface area contributed by atoms with Crippen LogP contribution in [0, 0.1) is 0 Å². The standard InChI is InChI=1S/C11H24O4/c1-12-8-4-6-11(15-10-14-3)7-5-9-13-2/h11H,4-10H2,1-3H3. The topological polar surface area (TPSA) is 36.9 Å². The third-order valence-electron chi connectivity index (χ3n) is 2.17. The van der Waals surface area contributed by atoms with Crippen molar-refractivity contribution < 1.29 is 18.9 Å². The maximum absolute atomic E-state index is 5.55. The van der Waals surface area contributed by atoms with Gasteiger partial charge in [-0.3, -0.25) is 0 Å². The van der Waals surface area contributed by atoms with Gasteiger partial charge in [0.2, 0.25) is 0 Å². The van der Waals surface area contributed by atoms with E-state index in [0.29, 0.717) is 6.79 Å². The third kappa shape index (κ3) is 10.1. The lowest BCUT2D eigenvalue weighted by atomic mass is 10.1. The van der Waals surface area contributed by atoms with E-state index in [2.05, 4.69) is 0 Å². The molecule has 0 unspecified atom stereocenters. The highest BCUT2D eigenvalue weighted by atomic mass is 16.7. The molecule has 0 atom stereocenters. The molecule has 0 aliphatic heterocycles. The van der Waals surface area contributed by atoms with Gasteiger partial charge >= 0.3 is 0 Å². The normalized spacial score (nSPS) is 11.2. The smallest absolute Gasteiger partial charge is 0.146 e. The number of methoxy groups -OCH3 is 3. The van der Waals surface area contributed by atoms with Gasteiger partial charge in [0.25, 0.3) is 0 Å². The van der Waals surface area contributed by atoms with E-state index in [9.17, 15) is 0 Å². The molecule has 0 bridgehead atoms. The summed E-state index contributed by atoms with van der Waals surface area (Å²) in [5.41, 5.74) is 0. The Morgan fingerprint density at radius 3 is 1.73 bits per heavy atom. The molecule has 0 N–H and O–H groups in total. The Hall–Kier alpha value is -0.160. The SMILES string of the molecule is COCCCC(CCCOC)OCOC. The molecule has 0 spiro atoms. The number of rotatable bonds is 11. The van der Waals surface area contributed by atoms with Crippen molar-refractivity contribution >= 4 is 0 Å². The lowest BCUT2D eigenvalue weighted by molar-refractivity contribution is -0.0795. The second-order valence-electron chi connectivity index (χ2n) is 3.47. The highest BCUT2D eigenvalue weighted by Crippen LogP contribution is 2.10. The predicted molar refractivity (Wildman–Crippen MR) is 59.0 cm³/mol. The summed E-state index contributed by atoms with van der Waals surface area (Å²) in [6, 6.07) is 0. The molecule has 4 nitrogen and oxygen atoms in total. The molecule has 0 aliphatic carbocycles. The fraction of sp³-hybridized carbons (Fsp3) is 1.00. The van der Waals surface area contributed by atoms with E-state index >= 15 is 0 Å². The summed E-state index contributed by atoms with van der Waals surface area (Å²) >= 11 is 0. The van der Waals surface area contributed by atoms with Gasteiger partial charge in [-0.2, -0.15) is 0 Å². The molecular weight excluding hydrogens is 196 g/mol. The van der Waals surface area contributed by atoms with Crippen molar-refractivity contribution in [2.75, 3.05) is 41.3 Å². The van der Waals surface area contributed by atoms with Gasteiger partial charge in [-0.25, -0.2) is 0 Å². The number of hydrogen-bond donors (Lipinski definition) is 0. The van der Waals surface area contributed by atoms with Gasteiger partial charge < -0.3 is 18.9 Å². The van der Waals surface area contributed by atoms with Crippen LogP contribution in [0.25, 0.3) is 0 Å². The molecule has 0 rings (SSSR count). The number of hydrogen-bond acceptors (Lipinski definition) is 4. The second kappa shape index (κ2) is 11.9. The van der Waals surface area contributed by atoms with Crippen molar-refractivity contribution in [1.29, 1.82) is 0 Å². The summed E-state index contributed by atoms with van der Waals surface area (Å²) in [5, 5.41) is 0. The van der Waals surface area contributed by atoms with Gasteiger partial charge in [-0.15, -0.1) is 0 Å². The van der Waals surface area contributed by atoms with Gasteiger partial charge in [0, 0.05) is 34.5 Å². The molecule has 15 heavy (non-hydrogen) atoms. The predicted octanol–water partition coefficient (Wildman–Crippen LogP) is 1.83. The first-order valence-corrected chi connectivity index (χ1v) is 5.43. The Kier molecular flexibility index (Phi) is 11.8. The molecule has 0 aromatic rings. The minimum atomic E-state index is 0.259. The lowest BCUT2D eigenvalue weighted by Crippen LogP contribution is -2.16. The Bertz CT molecular complexity index is 109. The zero-order valence-corrected chi connectivity index (χ0v) is 10.2. The van der Waals surface area contributed by atoms with E-state index < -0.39 is 0 Å². The van der Waals surface area contributed by atoms with Crippen LogP contribution in [0.4, 0.5) is 0 Å². The lowest BCUT2D eigenvalue weighted by Gasteiger charge is -2.16. The van der Waals surface area contributed by atoms with Crippen molar-refractivity contribution in [2.24, 2.45) is 0 Å². The highest BCUT2D eigenvalue weighted by molar-refractivity contribution is 4.58. The van der Waals surface area contributed by atoms with Gasteiger partial charge in [0.1, 0.15) is 6.79 Å². The maximum atomic E-state index is 5.55. The van der Waals surface area contributed by atoms with Crippen LogP contribution in [-0.4, -0.2) is 47.4 Å². The van der Waals surface area contributed by atoms with Gasteiger partial charge in [-0.05, 0) is 25.7 Å². The summed E-state index contributed by atoms with van der Waals surface area (Å²) in [7, 11) is 5.08. The van der Waals surface area contributed by atoms with Crippen LogP contribution in [0.3, 0.4) is 0 Å². The van der Waals surface area contributed by atoms with Crippen LogP contribution in [0.2, 0.25) is 0 Å². The molecule has 0 saturated heterocycles. The molecule has 92 valence electrons. The van der Waals surface area contributed by atoms with E-state index in [1.54, 1.807) is 21.3 Å². The summed E-state index contributed by atoms with van der Waals surface area (Å²) in [4.78, 5) is 0. The second-order valence-corrected chi connectivity index (χ2v) is 3.47. The molecular formula is C11H24O4. The van der Waals surface area contributed by atoms with Crippen molar-refractivity contribution in [3.8, 4) is 0 Å². The van der Waals surface area contributed by atoms with E-state index in [0.717, 1.165) is 38.9 Å². The average molecular weight is 220 g/mol. The van der Waals surface area contributed by atoms with Crippen LogP contribution in [0.1, 0.15) is 25.7 Å². The van der Waals surface area contributed by atoms with Gasteiger partial charge in [0.05, 0.1) is 6.10 Å². The molecule has 0 radical (unpaired) electrons. The zero-order chi connectivity index (χ0) is 11.4. The summed E-state index contributed by atoms with van der Waals surface area (Å²) in [6.45, 7) is 1.94. The molecule has 0 aromatic heterocycles. The Labute approximate surface area is 92.8 Å². The van der Waals surface area contributed by atoms with Crippen molar-refractivity contribution in [3.05, 3.63) is 0 Å².